The molecule has 3 nitrogen and oxygen atoms in total. The van der Waals surface area contributed by atoms with Gasteiger partial charge in [0.2, 0.25) is 0 Å². The lowest BCUT2D eigenvalue weighted by atomic mass is 10.0. The lowest BCUT2D eigenvalue weighted by molar-refractivity contribution is -0.138. The van der Waals surface area contributed by atoms with E-state index in [1.807, 2.05) is 0 Å². The molecule has 0 saturated carbocycles. The highest BCUT2D eigenvalue weighted by atomic mass is 16.4. The third-order valence-corrected chi connectivity index (χ3v) is 3.28. The van der Waals surface area contributed by atoms with Gasteiger partial charge < -0.3 is 5.11 Å². The van der Waals surface area contributed by atoms with Gasteiger partial charge in [-0.05, 0) is 32.7 Å². The Hall–Kier alpha value is -0.570. The first kappa shape index (κ1) is 15.4. The van der Waals surface area contributed by atoms with E-state index in [1.54, 1.807) is 0 Å². The van der Waals surface area contributed by atoms with Gasteiger partial charge in [-0.1, -0.05) is 27.2 Å². The van der Waals surface area contributed by atoms with Crippen LogP contribution < -0.4 is 0 Å². The van der Waals surface area contributed by atoms with Gasteiger partial charge in [-0.3, -0.25) is 9.69 Å². The van der Waals surface area contributed by atoms with E-state index in [9.17, 15) is 4.79 Å². The predicted octanol–water partition coefficient (Wildman–Crippen LogP) is 3.14. The maximum atomic E-state index is 10.8. The second kappa shape index (κ2) is 8.57. The Morgan fingerprint density at radius 3 is 2.25 bits per heavy atom. The number of unbranched alkanes of at least 4 members (excludes halogenated alkanes) is 1. The molecule has 3 heteroatoms. The summed E-state index contributed by atoms with van der Waals surface area (Å²) in [7, 11) is 0. The molecule has 0 aromatic carbocycles. The molecule has 0 radical (unpaired) electrons. The summed E-state index contributed by atoms with van der Waals surface area (Å²) in [6, 6.07) is 0.676. The minimum absolute atomic E-state index is 0.194. The van der Waals surface area contributed by atoms with Gasteiger partial charge in [-0.25, -0.2) is 0 Å². The molecular formula is C13H27NO2. The normalized spacial score (nSPS) is 15.1. The SMILES string of the molecule is CCCCN(C(C)CC)C(CC)CC(=O)O. The topological polar surface area (TPSA) is 40.5 Å². The molecule has 0 spiro atoms. The molecule has 0 aromatic rings. The summed E-state index contributed by atoms with van der Waals surface area (Å²) < 4.78 is 0. The quantitative estimate of drug-likeness (QED) is 0.660. The molecule has 2 atom stereocenters. The predicted molar refractivity (Wildman–Crippen MR) is 67.7 cm³/mol. The van der Waals surface area contributed by atoms with Crippen molar-refractivity contribution in [2.45, 2.75) is 71.9 Å². The molecule has 1 N–H and O–H groups in total. The average molecular weight is 229 g/mol. The van der Waals surface area contributed by atoms with Crippen LogP contribution in [0, 0.1) is 0 Å². The van der Waals surface area contributed by atoms with Gasteiger partial charge in [0.25, 0.3) is 0 Å². The molecule has 0 heterocycles. The van der Waals surface area contributed by atoms with Crippen LogP contribution in [0.2, 0.25) is 0 Å². The van der Waals surface area contributed by atoms with Gasteiger partial charge in [0.05, 0.1) is 6.42 Å². The maximum absolute atomic E-state index is 10.8. The van der Waals surface area contributed by atoms with Crippen molar-refractivity contribution in [3.63, 3.8) is 0 Å². The molecule has 2 unspecified atom stereocenters. The molecular weight excluding hydrogens is 202 g/mol. The highest BCUT2D eigenvalue weighted by Gasteiger charge is 2.22. The van der Waals surface area contributed by atoms with E-state index in [4.69, 9.17) is 5.11 Å². The largest absolute Gasteiger partial charge is 0.481 e. The lowest BCUT2D eigenvalue weighted by Crippen LogP contribution is -2.43. The van der Waals surface area contributed by atoms with Gasteiger partial charge in [0.1, 0.15) is 0 Å². The third kappa shape index (κ3) is 5.50. The summed E-state index contributed by atoms with van der Waals surface area (Å²) in [6.45, 7) is 9.64. The van der Waals surface area contributed by atoms with Gasteiger partial charge >= 0.3 is 5.97 Å². The second-order valence-corrected chi connectivity index (χ2v) is 4.51. The van der Waals surface area contributed by atoms with Gasteiger partial charge in [0, 0.05) is 12.1 Å². The smallest absolute Gasteiger partial charge is 0.304 e. The van der Waals surface area contributed by atoms with Crippen LogP contribution >= 0.6 is 0 Å². The van der Waals surface area contributed by atoms with Crippen LogP contribution in [0.25, 0.3) is 0 Å². The molecule has 0 aliphatic carbocycles. The van der Waals surface area contributed by atoms with E-state index < -0.39 is 5.97 Å². The Labute approximate surface area is 99.8 Å². The van der Waals surface area contributed by atoms with Gasteiger partial charge in [0.15, 0.2) is 0 Å². The lowest BCUT2D eigenvalue weighted by Gasteiger charge is -2.35. The van der Waals surface area contributed by atoms with Crippen molar-refractivity contribution in [2.75, 3.05) is 6.54 Å². The molecule has 0 bridgehead atoms. The Kier molecular flexibility index (Phi) is 8.26. The van der Waals surface area contributed by atoms with Crippen LogP contribution in [0.4, 0.5) is 0 Å². The molecule has 16 heavy (non-hydrogen) atoms. The molecule has 96 valence electrons. The van der Waals surface area contributed by atoms with Gasteiger partial charge in [-0.2, -0.15) is 0 Å². The number of carboxylic acids is 1. The van der Waals surface area contributed by atoms with Crippen molar-refractivity contribution in [1.82, 2.24) is 4.90 Å². The minimum atomic E-state index is -0.684. The van der Waals surface area contributed by atoms with Crippen LogP contribution in [-0.4, -0.2) is 34.6 Å². The van der Waals surface area contributed by atoms with E-state index in [0.29, 0.717) is 6.04 Å². The zero-order valence-corrected chi connectivity index (χ0v) is 11.2. The zero-order valence-electron chi connectivity index (χ0n) is 11.2. The van der Waals surface area contributed by atoms with Crippen molar-refractivity contribution >= 4 is 5.97 Å². The average Bonchev–Trinajstić information content (AvgIpc) is 2.26. The fraction of sp³-hybridized carbons (Fsp3) is 0.923. The molecule has 0 saturated heterocycles. The van der Waals surface area contributed by atoms with Crippen LogP contribution in [0.15, 0.2) is 0 Å². The van der Waals surface area contributed by atoms with Crippen LogP contribution in [0.5, 0.6) is 0 Å². The molecule has 0 aromatic heterocycles. The summed E-state index contributed by atoms with van der Waals surface area (Å²) >= 11 is 0. The number of carbonyl (C=O) groups is 1. The first-order valence-electron chi connectivity index (χ1n) is 6.54. The van der Waals surface area contributed by atoms with Crippen molar-refractivity contribution < 1.29 is 9.90 Å². The molecule has 0 aliphatic rings. The van der Waals surface area contributed by atoms with Crippen LogP contribution in [0.3, 0.4) is 0 Å². The van der Waals surface area contributed by atoms with E-state index in [0.717, 1.165) is 32.2 Å². The van der Waals surface area contributed by atoms with E-state index in [-0.39, 0.29) is 12.5 Å². The standard InChI is InChI=1S/C13H27NO2/c1-5-8-9-14(11(4)6-2)12(7-3)10-13(15)16/h11-12H,5-10H2,1-4H3,(H,15,16). The summed E-state index contributed by atoms with van der Waals surface area (Å²) in [6.07, 6.45) is 4.58. The first-order chi connectivity index (χ1) is 7.56. The number of rotatable bonds is 9. The van der Waals surface area contributed by atoms with Crippen molar-refractivity contribution in [3.8, 4) is 0 Å². The van der Waals surface area contributed by atoms with E-state index in [1.165, 1.54) is 0 Å². The van der Waals surface area contributed by atoms with Crippen LogP contribution in [-0.2, 0) is 4.79 Å². The molecule has 0 amide bonds. The summed E-state index contributed by atoms with van der Waals surface area (Å²) in [5.74, 6) is -0.684. The Morgan fingerprint density at radius 1 is 1.25 bits per heavy atom. The fourth-order valence-corrected chi connectivity index (χ4v) is 2.04. The van der Waals surface area contributed by atoms with Gasteiger partial charge in [-0.15, -0.1) is 0 Å². The first-order valence-corrected chi connectivity index (χ1v) is 6.54. The van der Waals surface area contributed by atoms with Crippen molar-refractivity contribution in [3.05, 3.63) is 0 Å². The fourth-order valence-electron chi connectivity index (χ4n) is 2.04. The molecule has 0 rings (SSSR count). The number of nitrogens with zero attached hydrogens (tertiary/aromatic N) is 1. The minimum Gasteiger partial charge on any atom is -0.481 e. The summed E-state index contributed by atoms with van der Waals surface area (Å²) in [5, 5.41) is 8.92. The summed E-state index contributed by atoms with van der Waals surface area (Å²) in [4.78, 5) is 13.2. The maximum Gasteiger partial charge on any atom is 0.304 e. The monoisotopic (exact) mass is 229 g/mol. The Bertz CT molecular complexity index is 194. The van der Waals surface area contributed by atoms with Crippen LogP contribution in [0.1, 0.15) is 59.8 Å². The zero-order chi connectivity index (χ0) is 12.6. The molecule has 0 fully saturated rings. The third-order valence-electron chi connectivity index (χ3n) is 3.28. The number of hydrogen-bond acceptors (Lipinski definition) is 2. The van der Waals surface area contributed by atoms with Crippen molar-refractivity contribution in [1.29, 1.82) is 0 Å². The molecule has 0 aliphatic heterocycles. The summed E-state index contributed by atoms with van der Waals surface area (Å²) in [5.41, 5.74) is 0. The highest BCUT2D eigenvalue weighted by molar-refractivity contribution is 5.67. The van der Waals surface area contributed by atoms with Crippen molar-refractivity contribution in [2.24, 2.45) is 0 Å². The number of aliphatic carboxylic acids is 1. The highest BCUT2D eigenvalue weighted by Crippen LogP contribution is 2.16. The number of carboxylic acid groups (broad SMARTS) is 1. The number of hydrogen-bond donors (Lipinski definition) is 1. The second-order valence-electron chi connectivity index (χ2n) is 4.51. The van der Waals surface area contributed by atoms with E-state index >= 15 is 0 Å². The van der Waals surface area contributed by atoms with E-state index in [2.05, 4.69) is 32.6 Å². The Morgan fingerprint density at radius 2 is 1.88 bits per heavy atom. The Balaban J connectivity index is 4.47.